The van der Waals surface area contributed by atoms with Crippen LogP contribution in [-0.4, -0.2) is 112 Å². The molecule has 0 bridgehead atoms. The number of nitrogens with two attached hydrogens (primary N) is 2. The zero-order valence-corrected chi connectivity index (χ0v) is 26.3. The van der Waals surface area contributed by atoms with Gasteiger partial charge in [0.1, 0.15) is 66.9 Å². The highest BCUT2D eigenvalue weighted by molar-refractivity contribution is 5.81. The number of aliphatic hydroxyl groups excluding tert-OH is 1. The van der Waals surface area contributed by atoms with Gasteiger partial charge in [0.15, 0.2) is 47.0 Å². The average Bonchev–Trinajstić information content (AvgIpc) is 3.84. The zero-order chi connectivity index (χ0) is 33.2. The Labute approximate surface area is 267 Å². The van der Waals surface area contributed by atoms with Gasteiger partial charge >= 0.3 is 5.97 Å². The molecule has 4 aromatic heterocycles. The standard InChI is InChI=1S/C15H19N5O5.C13H17N5O4/c1-7(21)22-4-8-10-11(25-15(2,3)24-10)14(23-8)20-6-19-9-12(16)17-5-18-13(9)20;1-13(2)21-8-6(3-19)20-12(9(8)22-13)18-5-17-7-10(14)15-4-16-11(7)18/h5-6,8,10-11,14H,4H2,1-3H3,(H2,16,17,18);4-6,8-9,12,19H,3H2,1-2H3,(H2,14,15,16)/t8-,10-,11-,14-;6-,8-,9-,12-/m11/s1. The SMILES string of the molecule is CC(=O)OC[C@H]1O[C@@H](n2cnc3c(N)ncnc32)[C@@H]2OC(C)(C)O[C@@H]21.CC1(C)O[C@@H]2[C@H](O1)[C@@H](CO)O[C@H]2n1cnc2c(N)ncnc21. The molecule has 4 saturated heterocycles. The highest BCUT2D eigenvalue weighted by Crippen LogP contribution is 2.45. The van der Waals surface area contributed by atoms with Gasteiger partial charge < -0.3 is 49.7 Å². The number of carbonyl (C=O) groups is 1. The van der Waals surface area contributed by atoms with Crippen molar-refractivity contribution in [3.63, 3.8) is 0 Å². The van der Waals surface area contributed by atoms with E-state index in [1.165, 1.54) is 19.6 Å². The van der Waals surface area contributed by atoms with Gasteiger partial charge in [0, 0.05) is 6.92 Å². The summed E-state index contributed by atoms with van der Waals surface area (Å²) in [4.78, 5) is 36.0. The second kappa shape index (κ2) is 11.5. The van der Waals surface area contributed by atoms with E-state index in [-0.39, 0.29) is 37.5 Å². The number of anilines is 2. The maximum absolute atomic E-state index is 11.1. The van der Waals surface area contributed by atoms with Crippen LogP contribution in [0, 0.1) is 0 Å². The molecule has 4 aromatic rings. The summed E-state index contributed by atoms with van der Waals surface area (Å²) in [6.07, 6.45) is 2.48. The largest absolute Gasteiger partial charge is 0.463 e. The van der Waals surface area contributed by atoms with Crippen LogP contribution in [-0.2, 0) is 38.0 Å². The molecule has 4 aliphatic rings. The van der Waals surface area contributed by atoms with Gasteiger partial charge in [0.2, 0.25) is 0 Å². The number of imidazole rings is 2. The molecule has 47 heavy (non-hydrogen) atoms. The minimum absolute atomic E-state index is 0.0796. The monoisotopic (exact) mass is 656 g/mol. The van der Waals surface area contributed by atoms with Crippen molar-refractivity contribution in [2.45, 2.75) is 95.3 Å². The molecule has 4 aliphatic heterocycles. The summed E-state index contributed by atoms with van der Waals surface area (Å²) in [6.45, 7) is 8.61. The maximum atomic E-state index is 11.1. The second-order valence-electron chi connectivity index (χ2n) is 12.4. The van der Waals surface area contributed by atoms with Gasteiger partial charge in [-0.25, -0.2) is 29.9 Å². The molecule has 252 valence electrons. The number of aliphatic hydroxyl groups is 1. The Balaban J connectivity index is 0.000000151. The average molecular weight is 657 g/mol. The third kappa shape index (κ3) is 5.62. The van der Waals surface area contributed by atoms with Gasteiger partial charge in [-0.2, -0.15) is 0 Å². The minimum Gasteiger partial charge on any atom is -0.463 e. The number of rotatable bonds is 5. The molecule has 8 rings (SSSR count). The summed E-state index contributed by atoms with van der Waals surface area (Å²) in [5.41, 5.74) is 13.7. The molecule has 0 saturated carbocycles. The third-order valence-electron chi connectivity index (χ3n) is 8.20. The molecular weight excluding hydrogens is 620 g/mol. The Hall–Kier alpha value is -4.11. The van der Waals surface area contributed by atoms with Crippen LogP contribution < -0.4 is 11.5 Å². The molecular formula is C28H36N10O9. The van der Waals surface area contributed by atoms with Crippen LogP contribution in [0.2, 0.25) is 0 Å². The van der Waals surface area contributed by atoms with Gasteiger partial charge in [-0.05, 0) is 27.7 Å². The van der Waals surface area contributed by atoms with Crippen LogP contribution in [0.5, 0.6) is 0 Å². The molecule has 8 heterocycles. The molecule has 0 unspecified atom stereocenters. The number of hydrogen-bond donors (Lipinski definition) is 3. The Morgan fingerprint density at radius 1 is 0.766 bits per heavy atom. The van der Waals surface area contributed by atoms with Crippen LogP contribution >= 0.6 is 0 Å². The van der Waals surface area contributed by atoms with E-state index in [2.05, 4.69) is 29.9 Å². The molecule has 0 aliphatic carbocycles. The van der Waals surface area contributed by atoms with Gasteiger partial charge in [-0.15, -0.1) is 0 Å². The van der Waals surface area contributed by atoms with Gasteiger partial charge in [0.25, 0.3) is 0 Å². The lowest BCUT2D eigenvalue weighted by molar-refractivity contribution is -0.201. The Kier molecular flexibility index (Phi) is 7.73. The van der Waals surface area contributed by atoms with E-state index in [9.17, 15) is 9.90 Å². The van der Waals surface area contributed by atoms with Crippen LogP contribution in [0.1, 0.15) is 47.1 Å². The zero-order valence-electron chi connectivity index (χ0n) is 26.3. The number of ether oxygens (including phenoxy) is 7. The maximum Gasteiger partial charge on any atom is 0.302 e. The van der Waals surface area contributed by atoms with Crippen molar-refractivity contribution in [3.8, 4) is 0 Å². The van der Waals surface area contributed by atoms with Crippen LogP contribution in [0.25, 0.3) is 22.3 Å². The smallest absolute Gasteiger partial charge is 0.302 e. The molecule has 19 nitrogen and oxygen atoms in total. The summed E-state index contributed by atoms with van der Waals surface area (Å²) < 4.78 is 44.3. The Morgan fingerprint density at radius 3 is 1.68 bits per heavy atom. The lowest BCUT2D eigenvalue weighted by atomic mass is 10.1. The Morgan fingerprint density at radius 2 is 1.21 bits per heavy atom. The van der Waals surface area contributed by atoms with E-state index in [0.29, 0.717) is 34.0 Å². The lowest BCUT2D eigenvalue weighted by Crippen LogP contribution is -2.33. The first-order chi connectivity index (χ1) is 22.4. The number of hydrogen-bond acceptors (Lipinski definition) is 17. The van der Waals surface area contributed by atoms with Crippen molar-refractivity contribution >= 4 is 39.9 Å². The van der Waals surface area contributed by atoms with Crippen molar-refractivity contribution in [1.29, 1.82) is 0 Å². The Bertz CT molecular complexity index is 1800. The highest BCUT2D eigenvalue weighted by atomic mass is 16.8. The first-order valence-corrected chi connectivity index (χ1v) is 15.0. The number of aromatic nitrogens is 8. The van der Waals surface area contributed by atoms with Crippen molar-refractivity contribution in [2.24, 2.45) is 0 Å². The number of esters is 1. The fourth-order valence-corrected chi connectivity index (χ4v) is 6.36. The van der Waals surface area contributed by atoms with Gasteiger partial charge in [-0.1, -0.05) is 0 Å². The molecule has 8 atom stereocenters. The first-order valence-electron chi connectivity index (χ1n) is 15.0. The normalized spacial score (nSPS) is 31.9. The topological polar surface area (TPSA) is 241 Å². The summed E-state index contributed by atoms with van der Waals surface area (Å²) >= 11 is 0. The highest BCUT2D eigenvalue weighted by Gasteiger charge is 2.57. The molecule has 0 radical (unpaired) electrons. The van der Waals surface area contributed by atoms with E-state index in [4.69, 9.17) is 44.6 Å². The minimum atomic E-state index is -0.768. The van der Waals surface area contributed by atoms with Crippen molar-refractivity contribution < 1.29 is 43.1 Å². The quantitative estimate of drug-likeness (QED) is 0.243. The van der Waals surface area contributed by atoms with E-state index < -0.39 is 42.3 Å². The van der Waals surface area contributed by atoms with E-state index in [0.717, 1.165) is 0 Å². The number of nitrogen functional groups attached to an aromatic ring is 2. The van der Waals surface area contributed by atoms with Crippen molar-refractivity contribution in [2.75, 3.05) is 24.7 Å². The predicted octanol–water partition coefficient (Wildman–Crippen LogP) is 0.207. The fraction of sp³-hybridized carbons (Fsp3) is 0.607. The van der Waals surface area contributed by atoms with Crippen molar-refractivity contribution in [1.82, 2.24) is 39.0 Å². The van der Waals surface area contributed by atoms with Crippen LogP contribution in [0.3, 0.4) is 0 Å². The molecule has 4 fully saturated rings. The van der Waals surface area contributed by atoms with Gasteiger partial charge in [0.05, 0.1) is 19.3 Å². The van der Waals surface area contributed by atoms with E-state index >= 15 is 0 Å². The molecule has 0 amide bonds. The first kappa shape index (κ1) is 31.5. The molecule has 0 spiro atoms. The van der Waals surface area contributed by atoms with Crippen LogP contribution in [0.15, 0.2) is 25.3 Å². The van der Waals surface area contributed by atoms with E-state index in [1.54, 1.807) is 21.8 Å². The van der Waals surface area contributed by atoms with E-state index in [1.807, 2.05) is 27.7 Å². The van der Waals surface area contributed by atoms with Crippen molar-refractivity contribution in [3.05, 3.63) is 25.3 Å². The fourth-order valence-electron chi connectivity index (χ4n) is 6.36. The summed E-state index contributed by atoms with van der Waals surface area (Å²) in [6, 6.07) is 0. The summed E-state index contributed by atoms with van der Waals surface area (Å²) in [7, 11) is 0. The third-order valence-corrected chi connectivity index (χ3v) is 8.20. The molecule has 19 heteroatoms. The summed E-state index contributed by atoms with van der Waals surface area (Å²) in [5.74, 6) is -1.28. The number of fused-ring (bicyclic) bond motifs is 4. The summed E-state index contributed by atoms with van der Waals surface area (Å²) in [5, 5.41) is 9.52. The number of carbonyl (C=O) groups excluding carboxylic acids is 1. The molecule has 0 aromatic carbocycles. The van der Waals surface area contributed by atoms with Crippen LogP contribution in [0.4, 0.5) is 11.6 Å². The number of nitrogens with zero attached hydrogens (tertiary/aromatic N) is 8. The second-order valence-corrected chi connectivity index (χ2v) is 12.4. The van der Waals surface area contributed by atoms with Gasteiger partial charge in [-0.3, -0.25) is 13.9 Å². The molecule has 5 N–H and O–H groups in total. The lowest BCUT2D eigenvalue weighted by Gasteiger charge is -2.24. The predicted molar refractivity (Wildman–Crippen MR) is 159 cm³/mol.